The van der Waals surface area contributed by atoms with Crippen LogP contribution in [0.1, 0.15) is 47.1 Å². The van der Waals surface area contributed by atoms with Gasteiger partial charge in [0.25, 0.3) is 5.91 Å². The zero-order valence-electron chi connectivity index (χ0n) is 17.9. The molecule has 0 radical (unpaired) electrons. The van der Waals surface area contributed by atoms with Crippen LogP contribution in [0.25, 0.3) is 11.3 Å². The van der Waals surface area contributed by atoms with Gasteiger partial charge in [-0.2, -0.15) is 5.10 Å². The Kier molecular flexibility index (Phi) is 5.58. The van der Waals surface area contributed by atoms with E-state index in [0.29, 0.717) is 42.2 Å². The molecular formula is C22H26N6O3. The second-order valence-electron chi connectivity index (χ2n) is 8.39. The first-order valence-electron chi connectivity index (χ1n) is 10.3. The Morgan fingerprint density at radius 1 is 1.23 bits per heavy atom. The van der Waals surface area contributed by atoms with E-state index in [-0.39, 0.29) is 18.4 Å². The van der Waals surface area contributed by atoms with Crippen LogP contribution >= 0.6 is 0 Å². The average molecular weight is 422 g/mol. The molecule has 0 unspecified atom stereocenters. The molecule has 1 aromatic carbocycles. The topological polar surface area (TPSA) is 117 Å². The first-order chi connectivity index (χ1) is 14.9. The third-order valence-corrected chi connectivity index (χ3v) is 5.90. The number of H-pyrrole nitrogens is 1. The lowest BCUT2D eigenvalue weighted by Crippen LogP contribution is -2.51. The van der Waals surface area contributed by atoms with E-state index in [2.05, 4.69) is 30.5 Å². The summed E-state index contributed by atoms with van der Waals surface area (Å²) in [6.07, 6.45) is 3.01. The normalized spacial score (nSPS) is 18.7. The van der Waals surface area contributed by atoms with Crippen LogP contribution in [0.15, 0.2) is 35.1 Å². The van der Waals surface area contributed by atoms with E-state index in [4.69, 9.17) is 0 Å². The molecule has 3 heterocycles. The molecule has 9 heteroatoms. The molecule has 0 aliphatic carbocycles. The Balaban J connectivity index is 1.47. The van der Waals surface area contributed by atoms with Crippen LogP contribution in [0, 0.1) is 19.3 Å². The third-order valence-electron chi connectivity index (χ3n) is 5.90. The minimum absolute atomic E-state index is 0.113. The van der Waals surface area contributed by atoms with Gasteiger partial charge in [-0.15, -0.1) is 0 Å². The zero-order chi connectivity index (χ0) is 22.0. The molecule has 1 aliphatic rings. The first kappa shape index (κ1) is 20.8. The number of aryl methyl sites for hydroxylation is 2. The molecule has 162 valence electrons. The molecule has 0 saturated carbocycles. The van der Waals surface area contributed by atoms with E-state index < -0.39 is 5.41 Å². The van der Waals surface area contributed by atoms with E-state index in [9.17, 15) is 9.59 Å². The first-order valence-corrected chi connectivity index (χ1v) is 10.3. The third kappa shape index (κ3) is 4.21. The smallest absolute Gasteiger partial charge is 0.257 e. The van der Waals surface area contributed by atoms with Crippen molar-refractivity contribution in [3.8, 4) is 11.3 Å². The van der Waals surface area contributed by atoms with Gasteiger partial charge >= 0.3 is 0 Å². The highest BCUT2D eigenvalue weighted by Crippen LogP contribution is 2.32. The lowest BCUT2D eigenvalue weighted by atomic mass is 9.80. The van der Waals surface area contributed by atoms with Gasteiger partial charge in [0.15, 0.2) is 0 Å². The van der Waals surface area contributed by atoms with Gasteiger partial charge in [-0.3, -0.25) is 14.7 Å². The molecule has 3 aromatic rings. The van der Waals surface area contributed by atoms with Crippen molar-refractivity contribution in [2.45, 2.75) is 40.2 Å². The lowest BCUT2D eigenvalue weighted by Gasteiger charge is -2.39. The lowest BCUT2D eigenvalue weighted by molar-refractivity contribution is -0.132. The highest BCUT2D eigenvalue weighted by molar-refractivity contribution is 6.00. The summed E-state index contributed by atoms with van der Waals surface area (Å²) >= 11 is 0. The maximum atomic E-state index is 13.3. The number of nitrogens with one attached hydrogen (secondary N) is 2. The number of hydrogen-bond acceptors (Lipinski definition) is 6. The van der Waals surface area contributed by atoms with Crippen molar-refractivity contribution in [2.75, 3.05) is 13.1 Å². The summed E-state index contributed by atoms with van der Waals surface area (Å²) in [5, 5.41) is 17.5. The van der Waals surface area contributed by atoms with Gasteiger partial charge in [0.05, 0.1) is 29.4 Å². The van der Waals surface area contributed by atoms with Gasteiger partial charge in [-0.05, 0) is 33.6 Å². The maximum Gasteiger partial charge on any atom is 0.257 e. The Morgan fingerprint density at radius 3 is 2.71 bits per heavy atom. The van der Waals surface area contributed by atoms with E-state index in [1.54, 1.807) is 18.0 Å². The van der Waals surface area contributed by atoms with Crippen molar-refractivity contribution in [2.24, 2.45) is 5.41 Å². The molecule has 9 nitrogen and oxygen atoms in total. The predicted octanol–water partition coefficient (Wildman–Crippen LogP) is 2.64. The molecule has 2 N–H and O–H groups in total. The van der Waals surface area contributed by atoms with Gasteiger partial charge in [-0.1, -0.05) is 40.1 Å². The summed E-state index contributed by atoms with van der Waals surface area (Å²) in [7, 11) is 0. The van der Waals surface area contributed by atoms with Gasteiger partial charge in [0, 0.05) is 18.7 Å². The fraction of sp³-hybridized carbons (Fsp3) is 0.409. The molecule has 1 atom stereocenters. The summed E-state index contributed by atoms with van der Waals surface area (Å²) in [5.41, 5.74) is 3.81. The molecule has 2 aromatic heterocycles. The fourth-order valence-corrected chi connectivity index (χ4v) is 3.94. The van der Waals surface area contributed by atoms with Gasteiger partial charge in [0.2, 0.25) is 5.91 Å². The quantitative estimate of drug-likeness (QED) is 0.653. The Hall–Kier alpha value is -3.49. The van der Waals surface area contributed by atoms with Crippen molar-refractivity contribution in [3.05, 3.63) is 53.0 Å². The molecule has 31 heavy (non-hydrogen) atoms. The summed E-state index contributed by atoms with van der Waals surface area (Å²) in [6, 6.07) is 7.93. The average Bonchev–Trinajstić information content (AvgIpc) is 3.41. The minimum atomic E-state index is -0.688. The number of aromatic amines is 1. The number of hydrogen-bond donors (Lipinski definition) is 2. The number of aromatic nitrogens is 4. The van der Waals surface area contributed by atoms with Crippen molar-refractivity contribution in [1.29, 1.82) is 0 Å². The largest absolute Gasteiger partial charge is 0.350 e. The van der Waals surface area contributed by atoms with Crippen LogP contribution in [0.4, 0.5) is 0 Å². The van der Waals surface area contributed by atoms with E-state index in [0.717, 1.165) is 17.5 Å². The molecule has 0 spiro atoms. The van der Waals surface area contributed by atoms with Crippen molar-refractivity contribution < 1.29 is 14.2 Å². The van der Waals surface area contributed by atoms with Crippen molar-refractivity contribution in [1.82, 2.24) is 30.7 Å². The standard InChI is InChI=1S/C22H26N6O3/c1-14-5-7-16(8-6-14)19-17(11-24-25-19)20(29)28-10-4-9-22(3,13-28)21(30)23-12-18-15(2)26-31-27-18/h5-8,11H,4,9-10,12-13H2,1-3H3,(H,23,30)(H,24,25)/t22-/m0/s1. The van der Waals surface area contributed by atoms with Crippen LogP contribution < -0.4 is 5.32 Å². The highest BCUT2D eigenvalue weighted by atomic mass is 16.6. The van der Waals surface area contributed by atoms with E-state index in [1.165, 1.54) is 0 Å². The molecule has 1 aliphatic heterocycles. The highest BCUT2D eigenvalue weighted by Gasteiger charge is 2.40. The van der Waals surface area contributed by atoms with E-state index in [1.807, 2.05) is 38.1 Å². The zero-order valence-corrected chi connectivity index (χ0v) is 17.9. The molecule has 2 amide bonds. The summed E-state index contributed by atoms with van der Waals surface area (Å²) in [6.45, 7) is 6.88. The summed E-state index contributed by atoms with van der Waals surface area (Å²) < 4.78 is 4.68. The number of benzene rings is 1. The number of rotatable bonds is 5. The summed E-state index contributed by atoms with van der Waals surface area (Å²) in [4.78, 5) is 28.0. The molecular weight excluding hydrogens is 396 g/mol. The molecule has 1 fully saturated rings. The molecule has 4 rings (SSSR count). The minimum Gasteiger partial charge on any atom is -0.350 e. The van der Waals surface area contributed by atoms with E-state index >= 15 is 0 Å². The molecule has 1 saturated heterocycles. The Labute approximate surface area is 180 Å². The summed E-state index contributed by atoms with van der Waals surface area (Å²) in [5.74, 6) is -0.238. The number of nitrogens with zero attached hydrogens (tertiary/aromatic N) is 4. The van der Waals surface area contributed by atoms with Gasteiger partial charge in [0.1, 0.15) is 11.4 Å². The number of amides is 2. The SMILES string of the molecule is Cc1ccc(-c2[nH]ncc2C(=O)N2CCC[C@](C)(C(=O)NCc3nonc3C)C2)cc1. The van der Waals surface area contributed by atoms with Crippen LogP contribution in [0.5, 0.6) is 0 Å². The Morgan fingerprint density at radius 2 is 2.00 bits per heavy atom. The van der Waals surface area contributed by atoms with Crippen LogP contribution in [-0.4, -0.2) is 50.3 Å². The fourth-order valence-electron chi connectivity index (χ4n) is 3.94. The second-order valence-corrected chi connectivity index (χ2v) is 8.39. The Bertz CT molecular complexity index is 1090. The van der Waals surface area contributed by atoms with Gasteiger partial charge < -0.3 is 10.2 Å². The van der Waals surface area contributed by atoms with Crippen LogP contribution in [-0.2, 0) is 11.3 Å². The molecule has 0 bridgehead atoms. The van der Waals surface area contributed by atoms with Crippen molar-refractivity contribution >= 4 is 11.8 Å². The number of carbonyl (C=O) groups is 2. The number of likely N-dealkylation sites (tertiary alicyclic amines) is 1. The predicted molar refractivity (Wildman–Crippen MR) is 113 cm³/mol. The monoisotopic (exact) mass is 422 g/mol. The van der Waals surface area contributed by atoms with Gasteiger partial charge in [-0.25, -0.2) is 4.63 Å². The van der Waals surface area contributed by atoms with Crippen molar-refractivity contribution in [3.63, 3.8) is 0 Å². The number of piperidine rings is 1. The van der Waals surface area contributed by atoms with Crippen LogP contribution in [0.2, 0.25) is 0 Å². The maximum absolute atomic E-state index is 13.3. The number of carbonyl (C=O) groups excluding carboxylic acids is 2. The van der Waals surface area contributed by atoms with Crippen LogP contribution in [0.3, 0.4) is 0 Å². The second kappa shape index (κ2) is 8.33.